The summed E-state index contributed by atoms with van der Waals surface area (Å²) < 4.78 is 15.3. The lowest BCUT2D eigenvalue weighted by molar-refractivity contribution is -0.134. The first-order chi connectivity index (χ1) is 8.71. The average Bonchev–Trinajstić information content (AvgIpc) is 2.37. The molecule has 5 heteroatoms. The fraction of sp³-hybridized carbons (Fsp3) is 0.308. The molecule has 5 nitrogen and oxygen atoms in total. The van der Waals surface area contributed by atoms with E-state index in [4.69, 9.17) is 19.3 Å². The Morgan fingerprint density at radius 1 is 1.39 bits per heavy atom. The number of rotatable bonds is 6. The normalized spacial score (nSPS) is 10.3. The lowest BCUT2D eigenvalue weighted by Crippen LogP contribution is -2.07. The number of benzene rings is 1. The second kappa shape index (κ2) is 7.21. The third kappa shape index (κ3) is 4.01. The van der Waals surface area contributed by atoms with Gasteiger partial charge in [-0.2, -0.15) is 0 Å². The van der Waals surface area contributed by atoms with E-state index in [1.165, 1.54) is 7.11 Å². The molecular weight excluding hydrogens is 236 g/mol. The highest BCUT2D eigenvalue weighted by Crippen LogP contribution is 2.31. The highest BCUT2D eigenvalue weighted by Gasteiger charge is 2.10. The third-order valence-electron chi connectivity index (χ3n) is 2.08. The number of hydrogen-bond acceptors (Lipinski definition) is 5. The van der Waals surface area contributed by atoms with Crippen molar-refractivity contribution in [1.82, 2.24) is 0 Å². The maximum absolute atomic E-state index is 11.4. The summed E-state index contributed by atoms with van der Waals surface area (Å²) in [4.78, 5) is 11.4. The van der Waals surface area contributed by atoms with Crippen molar-refractivity contribution >= 4 is 5.97 Å². The van der Waals surface area contributed by atoms with Crippen LogP contribution in [0.3, 0.4) is 0 Å². The molecule has 1 aromatic carbocycles. The van der Waals surface area contributed by atoms with Gasteiger partial charge in [-0.05, 0) is 18.6 Å². The molecule has 0 heterocycles. The zero-order chi connectivity index (χ0) is 13.4. The Labute approximate surface area is 106 Å². The van der Waals surface area contributed by atoms with Gasteiger partial charge < -0.3 is 19.3 Å². The first kappa shape index (κ1) is 13.9. The van der Waals surface area contributed by atoms with Crippen molar-refractivity contribution < 1.29 is 24.1 Å². The van der Waals surface area contributed by atoms with Crippen LogP contribution in [0.25, 0.3) is 0 Å². The van der Waals surface area contributed by atoms with Crippen LogP contribution in [0, 0.1) is 0 Å². The quantitative estimate of drug-likeness (QED) is 0.479. The molecule has 0 spiro atoms. The van der Waals surface area contributed by atoms with Crippen LogP contribution >= 0.6 is 0 Å². The van der Waals surface area contributed by atoms with E-state index in [2.05, 4.69) is 0 Å². The van der Waals surface area contributed by atoms with Crippen LogP contribution in [0.5, 0.6) is 17.2 Å². The molecule has 0 unspecified atom stereocenters. The van der Waals surface area contributed by atoms with Crippen LogP contribution < -0.4 is 14.2 Å². The van der Waals surface area contributed by atoms with Gasteiger partial charge in [-0.15, -0.1) is 0 Å². The van der Waals surface area contributed by atoms with E-state index in [1.54, 1.807) is 18.2 Å². The lowest BCUT2D eigenvalue weighted by Gasteiger charge is -2.10. The molecule has 0 amide bonds. The summed E-state index contributed by atoms with van der Waals surface area (Å²) in [5, 5.41) is 8.48. The largest absolute Gasteiger partial charge is 0.512 e. The van der Waals surface area contributed by atoms with Crippen LogP contribution in [-0.4, -0.2) is 18.2 Å². The van der Waals surface area contributed by atoms with Gasteiger partial charge in [0.05, 0.1) is 7.11 Å². The third-order valence-corrected chi connectivity index (χ3v) is 2.08. The minimum atomic E-state index is -0.306. The first-order valence-electron chi connectivity index (χ1n) is 5.55. The second-order valence-electron chi connectivity index (χ2n) is 3.44. The predicted octanol–water partition coefficient (Wildman–Crippen LogP) is 2.81. The molecule has 18 heavy (non-hydrogen) atoms. The van der Waals surface area contributed by atoms with Crippen LogP contribution in [0.15, 0.2) is 30.7 Å². The van der Waals surface area contributed by atoms with Crippen molar-refractivity contribution in [3.8, 4) is 17.2 Å². The van der Waals surface area contributed by atoms with Gasteiger partial charge in [0, 0.05) is 12.5 Å². The van der Waals surface area contributed by atoms with Gasteiger partial charge >= 0.3 is 5.97 Å². The highest BCUT2D eigenvalue weighted by atomic mass is 16.6. The lowest BCUT2D eigenvalue weighted by atomic mass is 10.3. The number of carbonyl (C=O) groups is 1. The minimum absolute atomic E-state index is 0.306. The number of esters is 1. The zero-order valence-corrected chi connectivity index (χ0v) is 10.4. The van der Waals surface area contributed by atoms with E-state index < -0.39 is 0 Å². The zero-order valence-electron chi connectivity index (χ0n) is 10.4. The number of methoxy groups -OCH3 is 1. The molecule has 1 rings (SSSR count). The Bertz CT molecular complexity index is 425. The molecule has 0 saturated carbocycles. The molecule has 0 aliphatic carbocycles. The van der Waals surface area contributed by atoms with Crippen molar-refractivity contribution in [2.45, 2.75) is 19.8 Å². The summed E-state index contributed by atoms with van der Waals surface area (Å²) in [5.74, 6) is 0.895. The molecule has 0 aromatic heterocycles. The van der Waals surface area contributed by atoms with Crippen LogP contribution in [0.1, 0.15) is 19.8 Å². The van der Waals surface area contributed by atoms with E-state index in [9.17, 15) is 4.79 Å². The minimum Gasteiger partial charge on any atom is -0.512 e. The molecule has 0 bridgehead atoms. The number of hydrogen-bond donors (Lipinski definition) is 1. The van der Waals surface area contributed by atoms with Crippen molar-refractivity contribution in [3.63, 3.8) is 0 Å². The molecule has 0 aliphatic rings. The number of ether oxygens (including phenoxy) is 3. The first-order valence-corrected chi connectivity index (χ1v) is 5.55. The summed E-state index contributed by atoms with van der Waals surface area (Å²) in [6.45, 7) is 1.90. The second-order valence-corrected chi connectivity index (χ2v) is 3.44. The smallest absolute Gasteiger partial charge is 0.311 e. The highest BCUT2D eigenvalue weighted by molar-refractivity contribution is 5.73. The summed E-state index contributed by atoms with van der Waals surface area (Å²) in [6, 6.07) is 4.75. The van der Waals surface area contributed by atoms with E-state index >= 15 is 0 Å². The van der Waals surface area contributed by atoms with Gasteiger partial charge in [-0.1, -0.05) is 6.92 Å². The van der Waals surface area contributed by atoms with E-state index in [0.29, 0.717) is 23.7 Å². The Balaban J connectivity index is 2.82. The standard InChI is InChI=1S/C13H16O5/c1-3-4-13(15)18-11-6-5-10(17-8-7-14)9-12(11)16-2/h5-9,14H,3-4H2,1-2H3. The van der Waals surface area contributed by atoms with Gasteiger partial charge in [-0.25, -0.2) is 0 Å². The SMILES string of the molecule is CCCC(=O)Oc1ccc(OC=CO)cc1OC. The van der Waals surface area contributed by atoms with Crippen molar-refractivity contribution in [2.24, 2.45) is 0 Å². The summed E-state index contributed by atoms with van der Waals surface area (Å²) in [5.41, 5.74) is 0. The fourth-order valence-electron chi connectivity index (χ4n) is 1.29. The predicted molar refractivity (Wildman–Crippen MR) is 65.9 cm³/mol. The van der Waals surface area contributed by atoms with Gasteiger partial charge in [-0.3, -0.25) is 4.79 Å². The van der Waals surface area contributed by atoms with E-state index in [0.717, 1.165) is 18.9 Å². The monoisotopic (exact) mass is 252 g/mol. The summed E-state index contributed by atoms with van der Waals surface area (Å²) >= 11 is 0. The maximum atomic E-state index is 11.4. The topological polar surface area (TPSA) is 65.0 Å². The average molecular weight is 252 g/mol. The Morgan fingerprint density at radius 3 is 2.78 bits per heavy atom. The molecular formula is C13H16O5. The number of aliphatic hydroxyl groups excluding tert-OH is 1. The molecule has 0 fully saturated rings. The summed E-state index contributed by atoms with van der Waals surface area (Å²) in [6.07, 6.45) is 2.98. The Kier molecular flexibility index (Phi) is 5.57. The van der Waals surface area contributed by atoms with Gasteiger partial charge in [0.15, 0.2) is 11.5 Å². The van der Waals surface area contributed by atoms with Crippen molar-refractivity contribution in [2.75, 3.05) is 7.11 Å². The maximum Gasteiger partial charge on any atom is 0.311 e. The molecule has 0 saturated heterocycles. The van der Waals surface area contributed by atoms with Crippen LogP contribution in [0.4, 0.5) is 0 Å². The van der Waals surface area contributed by atoms with Crippen molar-refractivity contribution in [1.29, 1.82) is 0 Å². The van der Waals surface area contributed by atoms with Crippen LogP contribution in [-0.2, 0) is 4.79 Å². The number of aliphatic hydroxyl groups is 1. The molecule has 0 radical (unpaired) electrons. The van der Waals surface area contributed by atoms with Gasteiger partial charge in [0.25, 0.3) is 0 Å². The van der Waals surface area contributed by atoms with Gasteiger partial charge in [0.2, 0.25) is 0 Å². The fourth-order valence-corrected chi connectivity index (χ4v) is 1.29. The molecule has 98 valence electrons. The molecule has 0 aliphatic heterocycles. The van der Waals surface area contributed by atoms with Gasteiger partial charge in [0.1, 0.15) is 18.3 Å². The molecule has 0 atom stereocenters. The molecule has 1 N–H and O–H groups in total. The number of carbonyl (C=O) groups excluding carboxylic acids is 1. The van der Waals surface area contributed by atoms with Crippen LogP contribution in [0.2, 0.25) is 0 Å². The van der Waals surface area contributed by atoms with E-state index in [-0.39, 0.29) is 5.97 Å². The Hall–Kier alpha value is -2.17. The van der Waals surface area contributed by atoms with E-state index in [1.807, 2.05) is 6.92 Å². The summed E-state index contributed by atoms with van der Waals surface area (Å²) in [7, 11) is 1.47. The molecule has 1 aromatic rings. The Morgan fingerprint density at radius 2 is 2.17 bits per heavy atom. The van der Waals surface area contributed by atoms with Crippen molar-refractivity contribution in [3.05, 3.63) is 30.7 Å².